The lowest BCUT2D eigenvalue weighted by Crippen LogP contribution is -2.56. The second kappa shape index (κ2) is 6.43. The van der Waals surface area contributed by atoms with E-state index < -0.39 is 17.3 Å². The Bertz CT molecular complexity index is 483. The number of carbonyl (C=O) groups excluding carboxylic acids is 1. The lowest BCUT2D eigenvalue weighted by molar-refractivity contribution is 0.0919. The van der Waals surface area contributed by atoms with Crippen LogP contribution in [-0.4, -0.2) is 16.4 Å². The number of carbonyl (C=O) groups is 1. The average molecular weight is 347 g/mol. The molecule has 0 bridgehead atoms. The van der Waals surface area contributed by atoms with Crippen molar-refractivity contribution in [2.45, 2.75) is 32.2 Å². The van der Waals surface area contributed by atoms with Gasteiger partial charge >= 0.3 is 0 Å². The Kier molecular flexibility index (Phi) is 5.43. The smallest absolute Gasteiger partial charge is 0.252 e. The van der Waals surface area contributed by atoms with E-state index in [0.29, 0.717) is 17.3 Å². The van der Waals surface area contributed by atoms with E-state index in [1.165, 1.54) is 12.1 Å². The fourth-order valence-corrected chi connectivity index (χ4v) is 2.62. The van der Waals surface area contributed by atoms with Gasteiger partial charge in [-0.15, -0.1) is 0 Å². The second-order valence-corrected chi connectivity index (χ2v) is 5.62. The van der Waals surface area contributed by atoms with E-state index in [0.717, 1.165) is 0 Å². The third-order valence-corrected chi connectivity index (χ3v) is 4.00. The number of nitrogens with two attached hydrogens (primary N) is 1. The first-order valence-electron chi connectivity index (χ1n) is 5.93. The van der Waals surface area contributed by atoms with Crippen LogP contribution < -0.4 is 11.1 Å². The molecular weight excluding hydrogens is 331 g/mol. The first-order valence-corrected chi connectivity index (χ1v) is 7.13. The number of nitrogens with one attached hydrogen (secondary N) is 1. The van der Waals surface area contributed by atoms with Crippen LogP contribution in [0, 0.1) is 5.82 Å². The summed E-state index contributed by atoms with van der Waals surface area (Å²) in [5.41, 5.74) is 5.21. The zero-order valence-electron chi connectivity index (χ0n) is 10.8. The number of hydrogen-bond donors (Lipinski definition) is 2. The molecule has 0 aliphatic rings. The van der Waals surface area contributed by atoms with E-state index in [9.17, 15) is 9.18 Å². The molecule has 0 aliphatic heterocycles. The fraction of sp³-hybridized carbons (Fsp3) is 0.385. The van der Waals surface area contributed by atoms with Gasteiger partial charge in [0.15, 0.2) is 0 Å². The van der Waals surface area contributed by atoms with E-state index in [4.69, 9.17) is 18.0 Å². The number of thiocarbonyl (C=S) groups is 1. The largest absolute Gasteiger partial charge is 0.391 e. The normalized spacial score (nSPS) is 11.2. The van der Waals surface area contributed by atoms with Crippen molar-refractivity contribution in [1.82, 2.24) is 5.32 Å². The summed E-state index contributed by atoms with van der Waals surface area (Å²) < 4.78 is 13.8. The van der Waals surface area contributed by atoms with Gasteiger partial charge in [0.1, 0.15) is 5.82 Å². The number of benzene rings is 1. The fourth-order valence-electron chi connectivity index (χ4n) is 1.81. The standard InChI is InChI=1S/C13H16BrFN2OS/c1-3-13(4-2,12(16)19)17-11(18)8-5-9(14)7-10(15)6-8/h5-7H,3-4H2,1-2H3,(H2,16,19)(H,17,18). The minimum Gasteiger partial charge on any atom is -0.391 e. The highest BCUT2D eigenvalue weighted by molar-refractivity contribution is 9.10. The number of amides is 1. The topological polar surface area (TPSA) is 55.1 Å². The third kappa shape index (κ3) is 3.73. The summed E-state index contributed by atoms with van der Waals surface area (Å²) in [5, 5.41) is 2.81. The molecule has 1 aromatic carbocycles. The van der Waals surface area contributed by atoms with Crippen molar-refractivity contribution in [2.75, 3.05) is 0 Å². The van der Waals surface area contributed by atoms with Gasteiger partial charge in [0.2, 0.25) is 0 Å². The van der Waals surface area contributed by atoms with Crippen LogP contribution in [0.1, 0.15) is 37.0 Å². The van der Waals surface area contributed by atoms with Gasteiger partial charge in [-0.3, -0.25) is 4.79 Å². The van der Waals surface area contributed by atoms with Crippen LogP contribution in [0.5, 0.6) is 0 Å². The van der Waals surface area contributed by atoms with Crippen LogP contribution in [0.3, 0.4) is 0 Å². The van der Waals surface area contributed by atoms with Gasteiger partial charge in [0, 0.05) is 10.0 Å². The lowest BCUT2D eigenvalue weighted by Gasteiger charge is -2.31. The van der Waals surface area contributed by atoms with Gasteiger partial charge in [0.05, 0.1) is 10.5 Å². The monoisotopic (exact) mass is 346 g/mol. The average Bonchev–Trinajstić information content (AvgIpc) is 2.34. The molecule has 1 amide bonds. The molecule has 0 aromatic heterocycles. The Morgan fingerprint density at radius 3 is 2.42 bits per heavy atom. The summed E-state index contributed by atoms with van der Waals surface area (Å²) in [6.45, 7) is 3.79. The van der Waals surface area contributed by atoms with E-state index in [1.54, 1.807) is 6.07 Å². The molecule has 0 saturated heterocycles. The molecule has 0 heterocycles. The number of rotatable bonds is 5. The highest BCUT2D eigenvalue weighted by atomic mass is 79.9. The predicted molar refractivity (Wildman–Crippen MR) is 81.7 cm³/mol. The molecule has 0 aliphatic carbocycles. The maximum atomic E-state index is 13.3. The zero-order valence-corrected chi connectivity index (χ0v) is 13.2. The zero-order chi connectivity index (χ0) is 14.6. The van der Waals surface area contributed by atoms with Crippen LogP contribution in [0.2, 0.25) is 0 Å². The molecule has 6 heteroatoms. The van der Waals surface area contributed by atoms with Crippen molar-refractivity contribution in [3.05, 3.63) is 34.1 Å². The molecule has 0 saturated carbocycles. The van der Waals surface area contributed by atoms with Crippen molar-refractivity contribution in [2.24, 2.45) is 5.73 Å². The van der Waals surface area contributed by atoms with E-state index >= 15 is 0 Å². The molecule has 0 fully saturated rings. The maximum Gasteiger partial charge on any atom is 0.252 e. The van der Waals surface area contributed by atoms with Crippen molar-refractivity contribution in [3.63, 3.8) is 0 Å². The van der Waals surface area contributed by atoms with Crippen molar-refractivity contribution in [3.8, 4) is 0 Å². The van der Waals surface area contributed by atoms with Gasteiger partial charge in [-0.25, -0.2) is 4.39 Å². The Hall–Kier alpha value is -1.01. The summed E-state index contributed by atoms with van der Waals surface area (Å²) in [6, 6.07) is 4.01. The van der Waals surface area contributed by atoms with Crippen molar-refractivity contribution in [1.29, 1.82) is 0 Å². The summed E-state index contributed by atoms with van der Waals surface area (Å²) in [7, 11) is 0. The lowest BCUT2D eigenvalue weighted by atomic mass is 9.92. The molecule has 3 N–H and O–H groups in total. The molecule has 1 aromatic rings. The van der Waals surface area contributed by atoms with Gasteiger partial charge in [-0.2, -0.15) is 0 Å². The van der Waals surface area contributed by atoms with Gasteiger partial charge in [0.25, 0.3) is 5.91 Å². The predicted octanol–water partition coefficient (Wildman–Crippen LogP) is 3.16. The Morgan fingerprint density at radius 2 is 2.00 bits per heavy atom. The molecule has 3 nitrogen and oxygen atoms in total. The molecule has 19 heavy (non-hydrogen) atoms. The molecule has 0 radical (unpaired) electrons. The number of halogens is 2. The SMILES string of the molecule is CCC(CC)(NC(=O)c1cc(F)cc(Br)c1)C(N)=S. The van der Waals surface area contributed by atoms with Crippen LogP contribution >= 0.6 is 28.1 Å². The van der Waals surface area contributed by atoms with E-state index in [2.05, 4.69) is 21.2 Å². The van der Waals surface area contributed by atoms with Crippen LogP contribution in [0.4, 0.5) is 4.39 Å². The minimum absolute atomic E-state index is 0.231. The van der Waals surface area contributed by atoms with Crippen LogP contribution in [0.25, 0.3) is 0 Å². The maximum absolute atomic E-state index is 13.3. The summed E-state index contributed by atoms with van der Waals surface area (Å²) >= 11 is 8.18. The van der Waals surface area contributed by atoms with E-state index in [1.807, 2.05) is 13.8 Å². The third-order valence-electron chi connectivity index (χ3n) is 3.16. The van der Waals surface area contributed by atoms with Crippen LogP contribution in [0.15, 0.2) is 22.7 Å². The molecular formula is C13H16BrFN2OS. The van der Waals surface area contributed by atoms with Crippen molar-refractivity contribution >= 4 is 39.0 Å². The highest BCUT2D eigenvalue weighted by Gasteiger charge is 2.31. The summed E-state index contributed by atoms with van der Waals surface area (Å²) in [6.07, 6.45) is 1.17. The summed E-state index contributed by atoms with van der Waals surface area (Å²) in [4.78, 5) is 12.4. The Morgan fingerprint density at radius 1 is 1.42 bits per heavy atom. The van der Waals surface area contributed by atoms with Gasteiger partial charge in [-0.1, -0.05) is 42.0 Å². The first kappa shape index (κ1) is 16.0. The minimum atomic E-state index is -0.731. The van der Waals surface area contributed by atoms with Crippen molar-refractivity contribution < 1.29 is 9.18 Å². The van der Waals surface area contributed by atoms with E-state index in [-0.39, 0.29) is 10.6 Å². The highest BCUT2D eigenvalue weighted by Crippen LogP contribution is 2.19. The second-order valence-electron chi connectivity index (χ2n) is 4.27. The molecule has 104 valence electrons. The molecule has 1 rings (SSSR count). The summed E-state index contributed by atoms with van der Waals surface area (Å²) in [5.74, 6) is -0.870. The first-order chi connectivity index (χ1) is 8.84. The van der Waals surface area contributed by atoms with Crippen LogP contribution in [-0.2, 0) is 0 Å². The van der Waals surface area contributed by atoms with Gasteiger partial charge in [-0.05, 0) is 31.0 Å². The van der Waals surface area contributed by atoms with Gasteiger partial charge < -0.3 is 11.1 Å². The Balaban J connectivity index is 3.03. The number of hydrogen-bond acceptors (Lipinski definition) is 2. The molecule has 0 atom stereocenters. The molecule has 0 spiro atoms. The Labute approximate surface area is 125 Å². The molecule has 0 unspecified atom stereocenters. The quantitative estimate of drug-likeness (QED) is 0.805.